The Bertz CT molecular complexity index is 583. The number of hydrogen-bond acceptors (Lipinski definition) is 4. The summed E-state index contributed by atoms with van der Waals surface area (Å²) in [4.78, 5) is 13.5. The van der Waals surface area contributed by atoms with E-state index in [2.05, 4.69) is 0 Å². The highest BCUT2D eigenvalue weighted by molar-refractivity contribution is 7.89. The molecular weight excluding hydrogens is 280 g/mol. The van der Waals surface area contributed by atoms with Crippen LogP contribution in [0.5, 0.6) is 5.75 Å². The first kappa shape index (κ1) is 14.8. The zero-order chi connectivity index (χ0) is 14.8. The van der Waals surface area contributed by atoms with Crippen molar-refractivity contribution in [2.75, 3.05) is 23.8 Å². The minimum absolute atomic E-state index is 0.0807. The molecule has 1 atom stereocenters. The van der Waals surface area contributed by atoms with Crippen LogP contribution in [0.2, 0.25) is 0 Å². The van der Waals surface area contributed by atoms with Crippen molar-refractivity contribution in [3.05, 3.63) is 24.3 Å². The number of nitrogens with two attached hydrogens (primary N) is 1. The van der Waals surface area contributed by atoms with Crippen LogP contribution in [0.1, 0.15) is 13.3 Å². The lowest BCUT2D eigenvalue weighted by atomic mass is 10.1. The Balaban J connectivity index is 2.07. The average molecular weight is 298 g/mol. The molecule has 0 bridgehead atoms. The van der Waals surface area contributed by atoms with Gasteiger partial charge in [0.1, 0.15) is 5.75 Å². The minimum Gasteiger partial charge on any atom is -0.494 e. The molecule has 1 aliphatic rings. The lowest BCUT2D eigenvalue weighted by molar-refractivity contribution is -0.117. The van der Waals surface area contributed by atoms with Gasteiger partial charge in [0, 0.05) is 24.6 Å². The van der Waals surface area contributed by atoms with E-state index in [-0.39, 0.29) is 24.0 Å². The Labute approximate surface area is 118 Å². The molecule has 0 saturated carbocycles. The first-order chi connectivity index (χ1) is 9.39. The molecule has 6 nitrogen and oxygen atoms in total. The average Bonchev–Trinajstić information content (AvgIpc) is 2.69. The molecule has 1 aromatic rings. The van der Waals surface area contributed by atoms with Gasteiger partial charge in [-0.05, 0) is 31.2 Å². The fraction of sp³-hybridized carbons (Fsp3) is 0.462. The number of benzene rings is 1. The highest BCUT2D eigenvalue weighted by Gasteiger charge is 2.32. The van der Waals surface area contributed by atoms with Crippen LogP contribution in [0.25, 0.3) is 0 Å². The number of sulfonamides is 1. The third-order valence-corrected chi connectivity index (χ3v) is 4.07. The molecule has 1 saturated heterocycles. The number of carbonyl (C=O) groups excluding carboxylic acids is 1. The zero-order valence-corrected chi connectivity index (χ0v) is 12.1. The van der Waals surface area contributed by atoms with Crippen LogP contribution in [0.15, 0.2) is 24.3 Å². The van der Waals surface area contributed by atoms with E-state index in [1.54, 1.807) is 29.2 Å². The van der Waals surface area contributed by atoms with Crippen molar-refractivity contribution < 1.29 is 17.9 Å². The van der Waals surface area contributed by atoms with Gasteiger partial charge in [0.05, 0.1) is 12.4 Å². The monoisotopic (exact) mass is 298 g/mol. The normalized spacial score (nSPS) is 19.4. The number of hydrogen-bond donors (Lipinski definition) is 1. The highest BCUT2D eigenvalue weighted by Crippen LogP contribution is 2.27. The summed E-state index contributed by atoms with van der Waals surface area (Å²) in [6, 6.07) is 7.17. The Morgan fingerprint density at radius 2 is 2.00 bits per heavy atom. The molecular formula is C13H18N2O4S. The van der Waals surface area contributed by atoms with Gasteiger partial charge in [0.15, 0.2) is 0 Å². The molecule has 20 heavy (non-hydrogen) atoms. The van der Waals surface area contributed by atoms with E-state index in [4.69, 9.17) is 9.88 Å². The van der Waals surface area contributed by atoms with Gasteiger partial charge in [-0.1, -0.05) is 0 Å². The topological polar surface area (TPSA) is 89.7 Å². The van der Waals surface area contributed by atoms with Crippen LogP contribution in [0.3, 0.4) is 0 Å². The van der Waals surface area contributed by atoms with Crippen LogP contribution in [-0.2, 0) is 14.8 Å². The SMILES string of the molecule is CCOc1ccc(N2CC(CS(N)(=O)=O)CC2=O)cc1. The lowest BCUT2D eigenvalue weighted by Crippen LogP contribution is -2.27. The minimum atomic E-state index is -3.55. The summed E-state index contributed by atoms with van der Waals surface area (Å²) in [6.45, 7) is 2.86. The van der Waals surface area contributed by atoms with Crippen molar-refractivity contribution in [1.82, 2.24) is 0 Å². The fourth-order valence-corrected chi connectivity index (χ4v) is 3.24. The first-order valence-corrected chi connectivity index (χ1v) is 8.14. The number of primary sulfonamides is 1. The third kappa shape index (κ3) is 3.71. The summed E-state index contributed by atoms with van der Waals surface area (Å²) in [5.41, 5.74) is 0.746. The van der Waals surface area contributed by atoms with Gasteiger partial charge in [-0.15, -0.1) is 0 Å². The predicted molar refractivity (Wildman–Crippen MR) is 76.0 cm³/mol. The molecule has 1 amide bonds. The summed E-state index contributed by atoms with van der Waals surface area (Å²) in [5, 5.41) is 5.02. The van der Waals surface area contributed by atoms with Gasteiger partial charge in [0.25, 0.3) is 0 Å². The first-order valence-electron chi connectivity index (χ1n) is 6.42. The van der Waals surface area contributed by atoms with Crippen LogP contribution >= 0.6 is 0 Å². The summed E-state index contributed by atoms with van der Waals surface area (Å²) in [6.07, 6.45) is 0.212. The number of carbonyl (C=O) groups is 1. The Hall–Kier alpha value is -1.60. The lowest BCUT2D eigenvalue weighted by Gasteiger charge is -2.17. The van der Waals surface area contributed by atoms with E-state index in [0.29, 0.717) is 13.2 Å². The van der Waals surface area contributed by atoms with Crippen molar-refractivity contribution in [2.24, 2.45) is 11.1 Å². The Morgan fingerprint density at radius 3 is 2.55 bits per heavy atom. The largest absolute Gasteiger partial charge is 0.494 e. The molecule has 2 rings (SSSR count). The van der Waals surface area contributed by atoms with Gasteiger partial charge >= 0.3 is 0 Å². The van der Waals surface area contributed by atoms with Crippen LogP contribution in [0.4, 0.5) is 5.69 Å². The second-order valence-corrected chi connectivity index (χ2v) is 6.49. The number of nitrogens with zero attached hydrogens (tertiary/aromatic N) is 1. The molecule has 0 aromatic heterocycles. The van der Waals surface area contributed by atoms with Crippen molar-refractivity contribution >= 4 is 21.6 Å². The smallest absolute Gasteiger partial charge is 0.227 e. The van der Waals surface area contributed by atoms with Crippen LogP contribution in [-0.4, -0.2) is 33.2 Å². The van der Waals surface area contributed by atoms with Crippen molar-refractivity contribution in [3.63, 3.8) is 0 Å². The molecule has 2 N–H and O–H groups in total. The second-order valence-electron chi connectivity index (χ2n) is 4.83. The summed E-state index contributed by atoms with van der Waals surface area (Å²) < 4.78 is 27.5. The molecule has 0 radical (unpaired) electrons. The van der Waals surface area contributed by atoms with Gasteiger partial charge in [-0.2, -0.15) is 0 Å². The molecule has 0 aliphatic carbocycles. The zero-order valence-electron chi connectivity index (χ0n) is 11.3. The molecule has 0 spiro atoms. The highest BCUT2D eigenvalue weighted by atomic mass is 32.2. The molecule has 1 fully saturated rings. The molecule has 1 unspecified atom stereocenters. The summed E-state index contributed by atoms with van der Waals surface area (Å²) in [5.74, 6) is 0.252. The maximum Gasteiger partial charge on any atom is 0.227 e. The number of anilines is 1. The van der Waals surface area contributed by atoms with E-state index >= 15 is 0 Å². The fourth-order valence-electron chi connectivity index (χ4n) is 2.36. The maximum absolute atomic E-state index is 11.9. The van der Waals surface area contributed by atoms with Crippen LogP contribution in [0, 0.1) is 5.92 Å². The van der Waals surface area contributed by atoms with E-state index in [1.165, 1.54) is 0 Å². The van der Waals surface area contributed by atoms with Crippen molar-refractivity contribution in [1.29, 1.82) is 0 Å². The Morgan fingerprint density at radius 1 is 1.35 bits per heavy atom. The van der Waals surface area contributed by atoms with E-state index in [1.807, 2.05) is 6.92 Å². The van der Waals surface area contributed by atoms with Gasteiger partial charge in [0.2, 0.25) is 15.9 Å². The number of ether oxygens (including phenoxy) is 1. The summed E-state index contributed by atoms with van der Waals surface area (Å²) >= 11 is 0. The van der Waals surface area contributed by atoms with Gasteiger partial charge in [-0.25, -0.2) is 13.6 Å². The van der Waals surface area contributed by atoms with Gasteiger partial charge in [-0.3, -0.25) is 4.79 Å². The molecule has 1 heterocycles. The third-order valence-electron chi connectivity index (χ3n) is 3.13. The predicted octanol–water partition coefficient (Wildman–Crippen LogP) is 0.727. The second kappa shape index (κ2) is 5.80. The standard InChI is InChI=1S/C13H18N2O4S/c1-2-19-12-5-3-11(4-6-12)15-8-10(7-13(15)16)9-20(14,17)18/h3-6,10H,2,7-9H2,1H3,(H2,14,17,18). The number of rotatable bonds is 5. The van der Waals surface area contributed by atoms with E-state index in [0.717, 1.165) is 11.4 Å². The van der Waals surface area contributed by atoms with Crippen molar-refractivity contribution in [3.8, 4) is 5.75 Å². The quantitative estimate of drug-likeness (QED) is 0.867. The van der Waals surface area contributed by atoms with E-state index < -0.39 is 10.0 Å². The molecule has 1 aliphatic heterocycles. The molecule has 7 heteroatoms. The summed E-state index contributed by atoms with van der Waals surface area (Å²) in [7, 11) is -3.55. The Kier molecular flexibility index (Phi) is 4.29. The van der Waals surface area contributed by atoms with Gasteiger partial charge < -0.3 is 9.64 Å². The molecule has 1 aromatic carbocycles. The van der Waals surface area contributed by atoms with Crippen LogP contribution < -0.4 is 14.8 Å². The van der Waals surface area contributed by atoms with Crippen molar-refractivity contribution in [2.45, 2.75) is 13.3 Å². The maximum atomic E-state index is 11.9. The number of amides is 1. The van der Waals surface area contributed by atoms with E-state index in [9.17, 15) is 13.2 Å². The molecule has 110 valence electrons.